The number of amides is 1. The Balaban J connectivity index is 1.71. The molecule has 1 aromatic carbocycles. The van der Waals surface area contributed by atoms with Crippen LogP contribution in [0.15, 0.2) is 35.8 Å². The highest BCUT2D eigenvalue weighted by molar-refractivity contribution is 7.09. The number of aromatic nitrogens is 1. The number of nitrogens with zero attached hydrogens (tertiary/aromatic N) is 2. The van der Waals surface area contributed by atoms with E-state index in [2.05, 4.69) is 4.98 Å². The van der Waals surface area contributed by atoms with Gasteiger partial charge >= 0.3 is 0 Å². The van der Waals surface area contributed by atoms with Crippen molar-refractivity contribution in [2.75, 3.05) is 6.54 Å². The first-order chi connectivity index (χ1) is 11.6. The highest BCUT2D eigenvalue weighted by Gasteiger charge is 2.29. The van der Waals surface area contributed by atoms with Crippen LogP contribution in [0.25, 0.3) is 0 Å². The van der Waals surface area contributed by atoms with Gasteiger partial charge < -0.3 is 9.64 Å². The lowest BCUT2D eigenvalue weighted by Gasteiger charge is -2.34. The number of benzene rings is 1. The van der Waals surface area contributed by atoms with E-state index in [4.69, 9.17) is 4.74 Å². The van der Waals surface area contributed by atoms with Crippen LogP contribution in [0.4, 0.5) is 0 Å². The Labute approximate surface area is 147 Å². The van der Waals surface area contributed by atoms with E-state index in [1.165, 1.54) is 0 Å². The molecule has 1 aromatic heterocycles. The van der Waals surface area contributed by atoms with Crippen LogP contribution in [0, 0.1) is 0 Å². The lowest BCUT2D eigenvalue weighted by Crippen LogP contribution is -2.39. The standard InChI is InChI=1S/C19H24N2O2S/c1-14(2)23-16-7-5-6-15(12-16)13-18(22)21-10-4-3-8-17(21)19-20-9-11-24-19/h5-7,9,11-12,14,17H,3-4,8,10,13H2,1-2H3/t17-/m0/s1. The maximum absolute atomic E-state index is 12.9. The Morgan fingerprint density at radius 1 is 1.42 bits per heavy atom. The summed E-state index contributed by atoms with van der Waals surface area (Å²) in [5.74, 6) is 1.00. The van der Waals surface area contributed by atoms with E-state index in [1.807, 2.05) is 54.6 Å². The summed E-state index contributed by atoms with van der Waals surface area (Å²) in [6.07, 6.45) is 5.61. The summed E-state index contributed by atoms with van der Waals surface area (Å²) in [6.45, 7) is 4.83. The van der Waals surface area contributed by atoms with Gasteiger partial charge in [0, 0.05) is 18.1 Å². The normalized spacial score (nSPS) is 18.0. The van der Waals surface area contributed by atoms with E-state index < -0.39 is 0 Å². The van der Waals surface area contributed by atoms with Gasteiger partial charge in [0.1, 0.15) is 10.8 Å². The van der Waals surface area contributed by atoms with Crippen LogP contribution in [0.1, 0.15) is 49.7 Å². The monoisotopic (exact) mass is 344 g/mol. The summed E-state index contributed by atoms with van der Waals surface area (Å²) in [7, 11) is 0. The lowest BCUT2D eigenvalue weighted by molar-refractivity contribution is -0.134. The van der Waals surface area contributed by atoms with Crippen molar-refractivity contribution in [2.45, 2.75) is 51.7 Å². The maximum atomic E-state index is 12.9. The first-order valence-corrected chi connectivity index (χ1v) is 9.46. The van der Waals surface area contributed by atoms with Crippen LogP contribution in [0.5, 0.6) is 5.75 Å². The van der Waals surface area contributed by atoms with Crippen molar-refractivity contribution >= 4 is 17.2 Å². The predicted octanol–water partition coefficient (Wildman–Crippen LogP) is 4.23. The molecule has 4 nitrogen and oxygen atoms in total. The van der Waals surface area contributed by atoms with E-state index >= 15 is 0 Å². The second-order valence-electron chi connectivity index (χ2n) is 6.46. The minimum Gasteiger partial charge on any atom is -0.491 e. The topological polar surface area (TPSA) is 42.4 Å². The largest absolute Gasteiger partial charge is 0.491 e. The van der Waals surface area contributed by atoms with Crippen LogP contribution in [0.2, 0.25) is 0 Å². The van der Waals surface area contributed by atoms with E-state index in [9.17, 15) is 4.79 Å². The Morgan fingerprint density at radius 3 is 3.04 bits per heavy atom. The first-order valence-electron chi connectivity index (χ1n) is 8.58. The highest BCUT2D eigenvalue weighted by Crippen LogP contribution is 2.32. The van der Waals surface area contributed by atoms with Gasteiger partial charge in [-0.1, -0.05) is 12.1 Å². The molecule has 0 radical (unpaired) electrons. The molecule has 5 heteroatoms. The third kappa shape index (κ3) is 4.15. The second-order valence-corrected chi connectivity index (χ2v) is 7.39. The predicted molar refractivity (Wildman–Crippen MR) is 96.3 cm³/mol. The summed E-state index contributed by atoms with van der Waals surface area (Å²) in [5.41, 5.74) is 1.00. The Hall–Kier alpha value is -1.88. The van der Waals surface area contributed by atoms with Crippen molar-refractivity contribution in [1.82, 2.24) is 9.88 Å². The van der Waals surface area contributed by atoms with Crippen molar-refractivity contribution < 1.29 is 9.53 Å². The first kappa shape index (κ1) is 17.0. The number of carbonyl (C=O) groups excluding carboxylic acids is 1. The smallest absolute Gasteiger partial charge is 0.227 e. The fraction of sp³-hybridized carbons (Fsp3) is 0.474. The molecular weight excluding hydrogens is 320 g/mol. The number of carbonyl (C=O) groups is 1. The zero-order chi connectivity index (χ0) is 16.9. The van der Waals surface area contributed by atoms with Gasteiger partial charge in [-0.2, -0.15) is 0 Å². The summed E-state index contributed by atoms with van der Waals surface area (Å²) in [5, 5.41) is 3.04. The highest BCUT2D eigenvalue weighted by atomic mass is 32.1. The number of thiazole rings is 1. The van der Waals surface area contributed by atoms with Gasteiger partial charge in [-0.15, -0.1) is 11.3 Å². The Morgan fingerprint density at radius 2 is 2.29 bits per heavy atom. The summed E-state index contributed by atoms with van der Waals surface area (Å²) in [6, 6.07) is 8.00. The Bertz CT molecular complexity index is 670. The molecule has 0 aliphatic carbocycles. The summed E-state index contributed by atoms with van der Waals surface area (Å²) >= 11 is 1.64. The van der Waals surface area contributed by atoms with Gasteiger partial charge in [-0.25, -0.2) is 4.98 Å². The van der Waals surface area contributed by atoms with Gasteiger partial charge in [-0.05, 0) is 50.8 Å². The average molecular weight is 344 g/mol. The number of ether oxygens (including phenoxy) is 1. The molecule has 2 aromatic rings. The average Bonchev–Trinajstić information content (AvgIpc) is 3.09. The minimum atomic E-state index is 0.132. The zero-order valence-corrected chi connectivity index (χ0v) is 15.1. The van der Waals surface area contributed by atoms with E-state index in [-0.39, 0.29) is 18.1 Å². The number of hydrogen-bond donors (Lipinski definition) is 0. The molecule has 1 aliphatic heterocycles. The third-order valence-corrected chi connectivity index (χ3v) is 5.06. The van der Waals surface area contributed by atoms with Crippen molar-refractivity contribution in [3.8, 4) is 5.75 Å². The molecule has 1 amide bonds. The SMILES string of the molecule is CC(C)Oc1cccc(CC(=O)N2CCCC[C@H]2c2nccs2)c1. The van der Waals surface area contributed by atoms with Crippen molar-refractivity contribution in [3.05, 3.63) is 46.4 Å². The summed E-state index contributed by atoms with van der Waals surface area (Å²) < 4.78 is 5.73. The minimum absolute atomic E-state index is 0.132. The molecule has 1 atom stereocenters. The molecule has 0 bridgehead atoms. The fourth-order valence-electron chi connectivity index (χ4n) is 3.16. The van der Waals surface area contributed by atoms with Crippen LogP contribution >= 0.6 is 11.3 Å². The van der Waals surface area contributed by atoms with Crippen molar-refractivity contribution in [3.63, 3.8) is 0 Å². The third-order valence-electron chi connectivity index (χ3n) is 4.19. The number of rotatable bonds is 5. The lowest BCUT2D eigenvalue weighted by atomic mass is 10.0. The van der Waals surface area contributed by atoms with Crippen molar-refractivity contribution in [2.24, 2.45) is 0 Å². The van der Waals surface area contributed by atoms with E-state index in [0.717, 1.165) is 42.1 Å². The van der Waals surface area contributed by atoms with E-state index in [0.29, 0.717) is 6.42 Å². The van der Waals surface area contributed by atoms with Gasteiger partial charge in [0.25, 0.3) is 0 Å². The second kappa shape index (κ2) is 7.79. The number of hydrogen-bond acceptors (Lipinski definition) is 4. The van der Waals surface area contributed by atoms with Gasteiger partial charge in [-0.3, -0.25) is 4.79 Å². The van der Waals surface area contributed by atoms with E-state index in [1.54, 1.807) is 11.3 Å². The van der Waals surface area contributed by atoms with Gasteiger partial charge in [0.05, 0.1) is 18.6 Å². The molecule has 1 aliphatic rings. The van der Waals surface area contributed by atoms with Crippen LogP contribution in [0.3, 0.4) is 0 Å². The molecule has 0 unspecified atom stereocenters. The molecule has 3 rings (SSSR count). The summed E-state index contributed by atoms with van der Waals surface area (Å²) in [4.78, 5) is 19.3. The van der Waals surface area contributed by atoms with Gasteiger partial charge in [0.15, 0.2) is 0 Å². The molecule has 2 heterocycles. The Kier molecular flexibility index (Phi) is 5.51. The molecule has 0 N–H and O–H groups in total. The van der Waals surface area contributed by atoms with Crippen LogP contribution in [-0.2, 0) is 11.2 Å². The molecule has 0 spiro atoms. The van der Waals surface area contributed by atoms with Crippen molar-refractivity contribution in [1.29, 1.82) is 0 Å². The zero-order valence-electron chi connectivity index (χ0n) is 14.3. The molecule has 1 saturated heterocycles. The van der Waals surface area contributed by atoms with Crippen LogP contribution < -0.4 is 4.74 Å². The van der Waals surface area contributed by atoms with Crippen LogP contribution in [-0.4, -0.2) is 28.4 Å². The van der Waals surface area contributed by atoms with Gasteiger partial charge in [0.2, 0.25) is 5.91 Å². The number of piperidine rings is 1. The quantitative estimate of drug-likeness (QED) is 0.815. The molecule has 24 heavy (non-hydrogen) atoms. The molecule has 0 saturated carbocycles. The number of likely N-dealkylation sites (tertiary alicyclic amines) is 1. The molecular formula is C19H24N2O2S. The maximum Gasteiger partial charge on any atom is 0.227 e. The fourth-order valence-corrected chi connectivity index (χ4v) is 3.95. The molecule has 1 fully saturated rings. The molecule has 128 valence electrons.